The number of benzene rings is 1. The minimum Gasteiger partial charge on any atom is -0.442 e. The number of piperidine rings is 1. The van der Waals surface area contributed by atoms with Crippen molar-refractivity contribution < 1.29 is 32.3 Å². The number of ether oxygens (including phenoxy) is 1. The first-order valence-corrected chi connectivity index (χ1v) is 8.45. The van der Waals surface area contributed by atoms with E-state index in [4.69, 9.17) is 4.74 Å². The Morgan fingerprint density at radius 1 is 1.37 bits per heavy atom. The Morgan fingerprint density at radius 3 is 2.78 bits per heavy atom. The SMILES string of the molecule is O=C1CCC(c2ccc(N3C[C@H](CNC(=O)C(F)F)OC3=O)cc2F)CN1. The van der Waals surface area contributed by atoms with Gasteiger partial charge in [-0.2, -0.15) is 8.78 Å². The molecular formula is C17H18F3N3O4. The molecule has 2 fully saturated rings. The molecule has 2 atom stereocenters. The summed E-state index contributed by atoms with van der Waals surface area (Å²) < 4.78 is 43.9. The largest absolute Gasteiger partial charge is 0.442 e. The minimum absolute atomic E-state index is 0.000619. The van der Waals surface area contributed by atoms with Gasteiger partial charge < -0.3 is 15.4 Å². The highest BCUT2D eigenvalue weighted by atomic mass is 19.3. The Kier molecular flexibility index (Phi) is 5.52. The first-order valence-electron chi connectivity index (χ1n) is 8.45. The number of amides is 3. The maximum absolute atomic E-state index is 14.5. The van der Waals surface area contributed by atoms with Gasteiger partial charge in [0.2, 0.25) is 5.91 Å². The molecule has 0 aliphatic carbocycles. The summed E-state index contributed by atoms with van der Waals surface area (Å²) in [6, 6.07) is 4.33. The molecule has 2 aliphatic heterocycles. The average Bonchev–Trinajstić information content (AvgIpc) is 3.01. The van der Waals surface area contributed by atoms with Crippen molar-refractivity contribution in [2.24, 2.45) is 0 Å². The van der Waals surface area contributed by atoms with Crippen LogP contribution in [0.3, 0.4) is 0 Å². The number of rotatable bonds is 5. The highest BCUT2D eigenvalue weighted by molar-refractivity contribution is 5.90. The van der Waals surface area contributed by atoms with Gasteiger partial charge in [0, 0.05) is 18.9 Å². The molecule has 2 aliphatic rings. The summed E-state index contributed by atoms with van der Waals surface area (Å²) in [7, 11) is 0. The van der Waals surface area contributed by atoms with E-state index in [1.165, 1.54) is 11.0 Å². The molecule has 1 aromatic carbocycles. The lowest BCUT2D eigenvalue weighted by molar-refractivity contribution is -0.132. The molecular weight excluding hydrogens is 367 g/mol. The average molecular weight is 385 g/mol. The summed E-state index contributed by atoms with van der Waals surface area (Å²) in [6.45, 7) is 0.0984. The normalized spacial score (nSPS) is 22.6. The van der Waals surface area contributed by atoms with Crippen LogP contribution < -0.4 is 15.5 Å². The summed E-state index contributed by atoms with van der Waals surface area (Å²) in [5.41, 5.74) is 0.718. The molecule has 1 unspecified atom stereocenters. The lowest BCUT2D eigenvalue weighted by Crippen LogP contribution is -2.37. The quantitative estimate of drug-likeness (QED) is 0.805. The van der Waals surface area contributed by atoms with Crippen LogP contribution in [0.4, 0.5) is 23.7 Å². The van der Waals surface area contributed by atoms with Gasteiger partial charge >= 0.3 is 12.5 Å². The Hall–Kier alpha value is -2.78. The van der Waals surface area contributed by atoms with E-state index in [2.05, 4.69) is 5.32 Å². The Balaban J connectivity index is 1.64. The summed E-state index contributed by atoms with van der Waals surface area (Å²) in [5, 5.41) is 4.68. The van der Waals surface area contributed by atoms with Crippen LogP contribution in [0.15, 0.2) is 18.2 Å². The van der Waals surface area contributed by atoms with Crippen molar-refractivity contribution in [1.29, 1.82) is 0 Å². The molecule has 10 heteroatoms. The number of nitrogens with zero attached hydrogens (tertiary/aromatic N) is 1. The van der Waals surface area contributed by atoms with Crippen molar-refractivity contribution in [3.8, 4) is 0 Å². The third kappa shape index (κ3) is 4.32. The second kappa shape index (κ2) is 7.85. The Labute approximate surface area is 152 Å². The molecule has 2 heterocycles. The number of anilines is 1. The number of hydrogen-bond acceptors (Lipinski definition) is 4. The number of carbonyl (C=O) groups excluding carboxylic acids is 3. The van der Waals surface area contributed by atoms with Crippen molar-refractivity contribution in [1.82, 2.24) is 10.6 Å². The third-order valence-electron chi connectivity index (χ3n) is 4.58. The zero-order chi connectivity index (χ0) is 19.6. The van der Waals surface area contributed by atoms with Gasteiger partial charge in [-0.3, -0.25) is 14.5 Å². The first-order chi connectivity index (χ1) is 12.8. The summed E-state index contributed by atoms with van der Waals surface area (Å²) in [4.78, 5) is 35.3. The smallest absolute Gasteiger partial charge is 0.414 e. The number of alkyl halides is 2. The van der Waals surface area contributed by atoms with E-state index in [1.54, 1.807) is 12.1 Å². The number of nitrogens with one attached hydrogen (secondary N) is 2. The second-order valence-electron chi connectivity index (χ2n) is 6.41. The van der Waals surface area contributed by atoms with Gasteiger partial charge in [0.15, 0.2) is 0 Å². The molecule has 2 saturated heterocycles. The van der Waals surface area contributed by atoms with Crippen LogP contribution in [0.25, 0.3) is 0 Å². The minimum atomic E-state index is -3.15. The van der Waals surface area contributed by atoms with Crippen molar-refractivity contribution in [3.05, 3.63) is 29.6 Å². The molecule has 0 bridgehead atoms. The van der Waals surface area contributed by atoms with Gasteiger partial charge in [0.25, 0.3) is 5.91 Å². The van der Waals surface area contributed by atoms with Crippen LogP contribution in [0, 0.1) is 5.82 Å². The predicted molar refractivity (Wildman–Crippen MR) is 88.0 cm³/mol. The second-order valence-corrected chi connectivity index (χ2v) is 6.41. The Bertz CT molecular complexity index is 749. The van der Waals surface area contributed by atoms with E-state index in [0.29, 0.717) is 24.9 Å². The van der Waals surface area contributed by atoms with Crippen molar-refractivity contribution in [3.63, 3.8) is 0 Å². The summed E-state index contributed by atoms with van der Waals surface area (Å²) in [5.74, 6) is -2.15. The summed E-state index contributed by atoms with van der Waals surface area (Å²) in [6.07, 6.45) is -3.83. The topological polar surface area (TPSA) is 87.7 Å². The van der Waals surface area contributed by atoms with Crippen LogP contribution >= 0.6 is 0 Å². The van der Waals surface area contributed by atoms with Gasteiger partial charge in [0.05, 0.1) is 18.8 Å². The maximum atomic E-state index is 14.5. The predicted octanol–water partition coefficient (Wildman–Crippen LogP) is 1.53. The van der Waals surface area contributed by atoms with Gasteiger partial charge in [-0.05, 0) is 24.1 Å². The lowest BCUT2D eigenvalue weighted by Gasteiger charge is -2.24. The molecule has 0 saturated carbocycles. The van der Waals surface area contributed by atoms with Crippen LogP contribution in [-0.2, 0) is 14.3 Å². The van der Waals surface area contributed by atoms with Crippen molar-refractivity contribution in [2.75, 3.05) is 24.5 Å². The van der Waals surface area contributed by atoms with E-state index < -0.39 is 30.3 Å². The molecule has 3 rings (SSSR count). The highest BCUT2D eigenvalue weighted by Crippen LogP contribution is 2.30. The lowest BCUT2D eigenvalue weighted by atomic mass is 9.91. The maximum Gasteiger partial charge on any atom is 0.414 e. The van der Waals surface area contributed by atoms with E-state index in [0.717, 1.165) is 0 Å². The fraction of sp³-hybridized carbons (Fsp3) is 0.471. The fourth-order valence-electron chi connectivity index (χ4n) is 3.14. The van der Waals surface area contributed by atoms with Crippen molar-refractivity contribution in [2.45, 2.75) is 31.3 Å². The van der Waals surface area contributed by atoms with Crippen LogP contribution in [0.1, 0.15) is 24.3 Å². The monoisotopic (exact) mass is 385 g/mol. The van der Waals surface area contributed by atoms with Gasteiger partial charge in [0.1, 0.15) is 11.9 Å². The number of halogens is 3. The fourth-order valence-corrected chi connectivity index (χ4v) is 3.14. The number of carbonyl (C=O) groups is 3. The van der Waals surface area contributed by atoms with Gasteiger partial charge in [-0.1, -0.05) is 6.07 Å². The van der Waals surface area contributed by atoms with Crippen LogP contribution in [0.2, 0.25) is 0 Å². The standard InChI is InChI=1S/C17H18F3N3O4/c18-13-5-10(2-3-12(13)9-1-4-14(24)21-6-9)23-8-11(27-17(23)26)7-22-16(25)15(19)20/h2-3,5,9,11,15H,1,4,6-8H2,(H,21,24)(H,22,25)/t9?,11-/m0/s1. The molecule has 27 heavy (non-hydrogen) atoms. The van der Waals surface area contributed by atoms with E-state index in [-0.39, 0.29) is 30.6 Å². The number of cyclic esters (lactones) is 1. The molecule has 146 valence electrons. The van der Waals surface area contributed by atoms with E-state index >= 15 is 0 Å². The van der Waals surface area contributed by atoms with Gasteiger partial charge in [-0.25, -0.2) is 9.18 Å². The third-order valence-corrected chi connectivity index (χ3v) is 4.58. The molecule has 7 nitrogen and oxygen atoms in total. The Morgan fingerprint density at radius 2 is 2.15 bits per heavy atom. The zero-order valence-electron chi connectivity index (χ0n) is 14.2. The van der Waals surface area contributed by atoms with Crippen LogP contribution in [-0.4, -0.2) is 50.1 Å². The highest BCUT2D eigenvalue weighted by Gasteiger charge is 2.33. The molecule has 3 amide bonds. The molecule has 1 aromatic rings. The molecule has 0 radical (unpaired) electrons. The zero-order valence-corrected chi connectivity index (χ0v) is 14.2. The van der Waals surface area contributed by atoms with E-state index in [9.17, 15) is 27.6 Å². The molecule has 0 aromatic heterocycles. The van der Waals surface area contributed by atoms with E-state index in [1.807, 2.05) is 5.32 Å². The molecule has 0 spiro atoms. The summed E-state index contributed by atoms with van der Waals surface area (Å²) >= 11 is 0. The van der Waals surface area contributed by atoms with Crippen molar-refractivity contribution >= 4 is 23.6 Å². The van der Waals surface area contributed by atoms with Gasteiger partial charge in [-0.15, -0.1) is 0 Å². The molecule has 2 N–H and O–H groups in total. The first kappa shape index (κ1) is 19.0. The number of hydrogen-bond donors (Lipinski definition) is 2. The van der Waals surface area contributed by atoms with Crippen LogP contribution in [0.5, 0.6) is 0 Å².